The number of pyridine rings is 1. The Labute approximate surface area is 165 Å². The zero-order valence-electron chi connectivity index (χ0n) is 15.7. The summed E-state index contributed by atoms with van der Waals surface area (Å²) in [6.07, 6.45) is 7.98. The lowest BCUT2D eigenvalue weighted by atomic mass is 9.74. The van der Waals surface area contributed by atoms with Crippen LogP contribution in [0, 0.1) is 5.92 Å². The Bertz CT molecular complexity index is 953. The molecule has 3 heterocycles. The SMILES string of the molecule is CC1(c2ccccc2)CCN(c2ccn3c(CC4CC4)nnc3c2Cl)CC1. The summed E-state index contributed by atoms with van der Waals surface area (Å²) >= 11 is 6.76. The van der Waals surface area contributed by atoms with Crippen LogP contribution in [0.4, 0.5) is 5.69 Å². The molecule has 0 unspecified atom stereocenters. The average Bonchev–Trinajstić information content (AvgIpc) is 3.42. The van der Waals surface area contributed by atoms with E-state index in [1.807, 2.05) is 0 Å². The summed E-state index contributed by atoms with van der Waals surface area (Å²) in [4.78, 5) is 2.41. The van der Waals surface area contributed by atoms with Gasteiger partial charge < -0.3 is 4.90 Å². The van der Waals surface area contributed by atoms with E-state index in [0.717, 1.165) is 60.5 Å². The second-order valence-electron chi connectivity index (χ2n) is 8.39. The standard InChI is InChI=1S/C22H25ClN4/c1-22(17-5-3-2-4-6-17)10-13-26(14-11-22)18-9-12-27-19(15-16-7-8-16)24-25-21(27)20(18)23/h2-6,9,12,16H,7-8,10-11,13-15H2,1H3. The maximum absolute atomic E-state index is 6.76. The Balaban J connectivity index is 1.38. The molecule has 2 aliphatic rings. The molecule has 4 nitrogen and oxygen atoms in total. The van der Waals surface area contributed by atoms with E-state index in [0.29, 0.717) is 0 Å². The van der Waals surface area contributed by atoms with Gasteiger partial charge in [0.15, 0.2) is 5.65 Å². The minimum absolute atomic E-state index is 0.237. The summed E-state index contributed by atoms with van der Waals surface area (Å²) < 4.78 is 2.07. The highest BCUT2D eigenvalue weighted by atomic mass is 35.5. The summed E-state index contributed by atoms with van der Waals surface area (Å²) in [5.41, 5.74) is 3.56. The number of rotatable bonds is 4. The van der Waals surface area contributed by atoms with Crippen LogP contribution in [-0.2, 0) is 11.8 Å². The third-order valence-corrected chi connectivity index (χ3v) is 6.78. The summed E-state index contributed by atoms with van der Waals surface area (Å²) in [6, 6.07) is 13.0. The highest BCUT2D eigenvalue weighted by Gasteiger charge is 2.32. The monoisotopic (exact) mass is 380 g/mol. The molecule has 0 N–H and O–H groups in total. The number of benzene rings is 1. The number of aromatic nitrogens is 3. The Hall–Kier alpha value is -2.07. The lowest BCUT2D eigenvalue weighted by molar-refractivity contribution is 0.362. The van der Waals surface area contributed by atoms with Crippen molar-refractivity contribution in [3.05, 3.63) is 59.0 Å². The van der Waals surface area contributed by atoms with Crippen molar-refractivity contribution < 1.29 is 0 Å². The predicted octanol–water partition coefficient (Wildman–Crippen LogP) is 4.89. The number of piperidine rings is 1. The van der Waals surface area contributed by atoms with Crippen molar-refractivity contribution in [1.82, 2.24) is 14.6 Å². The van der Waals surface area contributed by atoms with Gasteiger partial charge in [0.05, 0.1) is 5.69 Å². The number of fused-ring (bicyclic) bond motifs is 1. The first-order valence-electron chi connectivity index (χ1n) is 9.97. The van der Waals surface area contributed by atoms with Gasteiger partial charge in [0.25, 0.3) is 0 Å². The topological polar surface area (TPSA) is 33.4 Å². The molecule has 1 saturated carbocycles. The third-order valence-electron chi connectivity index (χ3n) is 6.42. The minimum atomic E-state index is 0.237. The summed E-state index contributed by atoms with van der Waals surface area (Å²) in [5, 5.41) is 9.51. The molecule has 0 atom stereocenters. The Morgan fingerprint density at radius 3 is 2.52 bits per heavy atom. The Kier molecular flexibility index (Phi) is 4.12. The molecular weight excluding hydrogens is 356 g/mol. The molecule has 3 aromatic rings. The molecule has 1 aromatic carbocycles. The van der Waals surface area contributed by atoms with Crippen LogP contribution in [0.3, 0.4) is 0 Å². The number of hydrogen-bond acceptors (Lipinski definition) is 3. The smallest absolute Gasteiger partial charge is 0.181 e. The lowest BCUT2D eigenvalue weighted by Crippen LogP contribution is -2.41. The molecule has 1 saturated heterocycles. The van der Waals surface area contributed by atoms with Gasteiger partial charge in [-0.2, -0.15) is 0 Å². The van der Waals surface area contributed by atoms with E-state index in [9.17, 15) is 0 Å². The van der Waals surface area contributed by atoms with Gasteiger partial charge in [-0.05, 0) is 48.6 Å². The van der Waals surface area contributed by atoms with Gasteiger partial charge in [-0.25, -0.2) is 0 Å². The Morgan fingerprint density at radius 2 is 1.81 bits per heavy atom. The number of nitrogens with zero attached hydrogens (tertiary/aromatic N) is 4. The normalized spacial score (nSPS) is 19.6. The second-order valence-corrected chi connectivity index (χ2v) is 8.76. The molecule has 27 heavy (non-hydrogen) atoms. The highest BCUT2D eigenvalue weighted by Crippen LogP contribution is 2.39. The van der Waals surface area contributed by atoms with Gasteiger partial charge >= 0.3 is 0 Å². The molecule has 2 fully saturated rings. The minimum Gasteiger partial charge on any atom is -0.370 e. The Morgan fingerprint density at radius 1 is 1.07 bits per heavy atom. The van der Waals surface area contributed by atoms with Crippen LogP contribution in [0.15, 0.2) is 42.6 Å². The van der Waals surface area contributed by atoms with Crippen molar-refractivity contribution in [2.45, 2.75) is 44.4 Å². The number of hydrogen-bond donors (Lipinski definition) is 0. The van der Waals surface area contributed by atoms with E-state index in [1.54, 1.807) is 0 Å². The van der Waals surface area contributed by atoms with E-state index in [1.165, 1.54) is 18.4 Å². The van der Waals surface area contributed by atoms with Crippen molar-refractivity contribution in [3.8, 4) is 0 Å². The van der Waals surface area contributed by atoms with Gasteiger partial charge in [-0.1, -0.05) is 48.9 Å². The molecule has 5 rings (SSSR count). The van der Waals surface area contributed by atoms with Crippen LogP contribution in [-0.4, -0.2) is 27.7 Å². The molecule has 1 aliphatic heterocycles. The van der Waals surface area contributed by atoms with Gasteiger partial charge in [-0.15, -0.1) is 10.2 Å². The first kappa shape index (κ1) is 17.1. The zero-order chi connectivity index (χ0) is 18.4. The van der Waals surface area contributed by atoms with Crippen LogP contribution < -0.4 is 4.90 Å². The van der Waals surface area contributed by atoms with E-state index in [-0.39, 0.29) is 5.41 Å². The van der Waals surface area contributed by atoms with Crippen LogP contribution in [0.1, 0.15) is 44.0 Å². The zero-order valence-corrected chi connectivity index (χ0v) is 16.5. The summed E-state index contributed by atoms with van der Waals surface area (Å²) in [7, 11) is 0. The van der Waals surface area contributed by atoms with Crippen molar-refractivity contribution >= 4 is 22.9 Å². The van der Waals surface area contributed by atoms with Crippen LogP contribution in [0.2, 0.25) is 5.02 Å². The van der Waals surface area contributed by atoms with Crippen molar-refractivity contribution in [1.29, 1.82) is 0 Å². The average molecular weight is 381 g/mol. The van der Waals surface area contributed by atoms with Crippen molar-refractivity contribution in [2.75, 3.05) is 18.0 Å². The fourth-order valence-corrected chi connectivity index (χ4v) is 4.61. The molecule has 140 valence electrons. The van der Waals surface area contributed by atoms with Crippen molar-refractivity contribution in [3.63, 3.8) is 0 Å². The van der Waals surface area contributed by atoms with E-state index in [4.69, 9.17) is 11.6 Å². The first-order chi connectivity index (χ1) is 13.1. The molecule has 1 aliphatic carbocycles. The van der Waals surface area contributed by atoms with Crippen LogP contribution in [0.25, 0.3) is 5.65 Å². The predicted molar refractivity (Wildman–Crippen MR) is 110 cm³/mol. The number of anilines is 1. The van der Waals surface area contributed by atoms with Crippen LogP contribution in [0.5, 0.6) is 0 Å². The lowest BCUT2D eigenvalue weighted by Gasteiger charge is -2.41. The molecule has 2 aromatic heterocycles. The maximum atomic E-state index is 6.76. The number of halogens is 1. The van der Waals surface area contributed by atoms with E-state index >= 15 is 0 Å². The fourth-order valence-electron chi connectivity index (χ4n) is 4.30. The molecule has 0 bridgehead atoms. The van der Waals surface area contributed by atoms with E-state index in [2.05, 4.69) is 69.0 Å². The summed E-state index contributed by atoms with van der Waals surface area (Å²) in [5.74, 6) is 1.82. The maximum Gasteiger partial charge on any atom is 0.181 e. The molecule has 0 spiro atoms. The fraction of sp³-hybridized carbons (Fsp3) is 0.455. The van der Waals surface area contributed by atoms with E-state index < -0.39 is 0 Å². The van der Waals surface area contributed by atoms with Gasteiger partial charge in [0.2, 0.25) is 0 Å². The quantitative estimate of drug-likeness (QED) is 0.645. The molecular formula is C22H25ClN4. The molecule has 0 amide bonds. The van der Waals surface area contributed by atoms with Gasteiger partial charge in [0, 0.05) is 25.7 Å². The van der Waals surface area contributed by atoms with Crippen molar-refractivity contribution in [2.24, 2.45) is 5.92 Å². The highest BCUT2D eigenvalue weighted by molar-refractivity contribution is 6.36. The first-order valence-corrected chi connectivity index (χ1v) is 10.3. The van der Waals surface area contributed by atoms with Gasteiger partial charge in [-0.3, -0.25) is 4.40 Å². The second kappa shape index (κ2) is 6.52. The molecule has 5 heteroatoms. The largest absolute Gasteiger partial charge is 0.370 e. The van der Waals surface area contributed by atoms with Crippen LogP contribution >= 0.6 is 11.6 Å². The van der Waals surface area contributed by atoms with Gasteiger partial charge in [0.1, 0.15) is 10.8 Å². The summed E-state index contributed by atoms with van der Waals surface area (Å²) in [6.45, 7) is 4.39. The third kappa shape index (κ3) is 3.10. The molecule has 0 radical (unpaired) electrons.